The van der Waals surface area contributed by atoms with Crippen molar-refractivity contribution >= 4 is 11.9 Å². The van der Waals surface area contributed by atoms with E-state index in [2.05, 4.69) is 5.32 Å². The van der Waals surface area contributed by atoms with Crippen LogP contribution in [0, 0.1) is 5.41 Å². The molecule has 1 aliphatic carbocycles. The van der Waals surface area contributed by atoms with E-state index in [1.54, 1.807) is 4.90 Å². The van der Waals surface area contributed by atoms with Crippen LogP contribution in [0.4, 0.5) is 4.79 Å². The molecular formula is C9H18N4O. The molecule has 0 radical (unpaired) electrons. The number of nitrogens with one attached hydrogen (secondary N) is 2. The number of carbonyl (C=O) groups is 1. The molecule has 0 atom stereocenters. The Bertz CT molecular complexity index is 235. The Kier molecular flexibility index (Phi) is 3.33. The summed E-state index contributed by atoms with van der Waals surface area (Å²) in [5.74, 6) is 0.0182. The average molecular weight is 198 g/mol. The average Bonchev–Trinajstić information content (AvgIpc) is 2.82. The van der Waals surface area contributed by atoms with Gasteiger partial charge in [-0.2, -0.15) is 0 Å². The van der Waals surface area contributed by atoms with Crippen molar-refractivity contribution in [3.05, 3.63) is 0 Å². The lowest BCUT2D eigenvalue weighted by atomic mass is 10.3. The molecule has 5 heteroatoms. The Balaban J connectivity index is 2.46. The lowest BCUT2D eigenvalue weighted by molar-refractivity contribution is 0.191. The molecule has 0 spiro atoms. The number of nitrogens with zero attached hydrogens (tertiary/aromatic N) is 1. The van der Waals surface area contributed by atoms with Gasteiger partial charge in [0, 0.05) is 12.1 Å². The van der Waals surface area contributed by atoms with E-state index >= 15 is 0 Å². The number of amides is 2. The highest BCUT2D eigenvalue weighted by molar-refractivity contribution is 5.85. The number of hydrogen-bond acceptors (Lipinski definition) is 2. The highest BCUT2D eigenvalue weighted by atomic mass is 16.2. The van der Waals surface area contributed by atoms with E-state index < -0.39 is 0 Å². The molecule has 2 amide bonds. The minimum atomic E-state index is -0.113. The first kappa shape index (κ1) is 10.8. The Morgan fingerprint density at radius 1 is 1.64 bits per heavy atom. The molecule has 4 N–H and O–H groups in total. The number of amidine groups is 1. The van der Waals surface area contributed by atoms with Crippen LogP contribution < -0.4 is 11.1 Å². The van der Waals surface area contributed by atoms with Gasteiger partial charge < -0.3 is 16.0 Å². The number of hydrogen-bond donors (Lipinski definition) is 3. The van der Waals surface area contributed by atoms with Crippen molar-refractivity contribution < 1.29 is 4.79 Å². The topological polar surface area (TPSA) is 82.2 Å². The van der Waals surface area contributed by atoms with Crippen molar-refractivity contribution in [2.24, 2.45) is 5.73 Å². The second-order valence-electron chi connectivity index (χ2n) is 3.97. The standard InChI is InChI=1S/C9H18N4O/c1-6(2)13(5-8(10)11)9(14)12-7-3-4-7/h6-7H,3-5H2,1-2H3,(H3,10,11)(H,12,14). The minimum Gasteiger partial charge on any atom is -0.386 e. The van der Waals surface area contributed by atoms with Crippen molar-refractivity contribution in [1.29, 1.82) is 5.41 Å². The Morgan fingerprint density at radius 2 is 2.21 bits per heavy atom. The molecule has 0 aromatic rings. The summed E-state index contributed by atoms with van der Waals surface area (Å²) < 4.78 is 0. The smallest absolute Gasteiger partial charge is 0.318 e. The highest BCUT2D eigenvalue weighted by Crippen LogP contribution is 2.19. The van der Waals surface area contributed by atoms with E-state index in [0.717, 1.165) is 12.8 Å². The largest absolute Gasteiger partial charge is 0.386 e. The number of nitrogens with two attached hydrogens (primary N) is 1. The van der Waals surface area contributed by atoms with Crippen molar-refractivity contribution in [2.45, 2.75) is 38.8 Å². The predicted molar refractivity (Wildman–Crippen MR) is 55.3 cm³/mol. The summed E-state index contributed by atoms with van der Waals surface area (Å²) in [7, 11) is 0. The normalized spacial score (nSPS) is 15.4. The summed E-state index contributed by atoms with van der Waals surface area (Å²) in [6, 6.07) is 0.297. The molecule has 0 aromatic carbocycles. The minimum absolute atomic E-state index is 0.0182. The number of urea groups is 1. The molecule has 0 aromatic heterocycles. The van der Waals surface area contributed by atoms with Gasteiger partial charge in [0.2, 0.25) is 0 Å². The monoisotopic (exact) mass is 198 g/mol. The predicted octanol–water partition coefficient (Wildman–Crippen LogP) is 0.505. The second-order valence-corrected chi connectivity index (χ2v) is 3.97. The first-order chi connectivity index (χ1) is 6.50. The molecule has 0 bridgehead atoms. The highest BCUT2D eigenvalue weighted by Gasteiger charge is 2.26. The van der Waals surface area contributed by atoms with Crippen LogP contribution in [0.15, 0.2) is 0 Å². The molecular weight excluding hydrogens is 180 g/mol. The van der Waals surface area contributed by atoms with Crippen molar-refractivity contribution in [1.82, 2.24) is 10.2 Å². The summed E-state index contributed by atoms with van der Waals surface area (Å²) >= 11 is 0. The lowest BCUT2D eigenvalue weighted by Gasteiger charge is -2.26. The van der Waals surface area contributed by atoms with Gasteiger partial charge in [0.05, 0.1) is 6.54 Å². The Hall–Kier alpha value is -1.26. The Labute approximate surface area is 84.1 Å². The van der Waals surface area contributed by atoms with Crippen molar-refractivity contribution in [3.8, 4) is 0 Å². The lowest BCUT2D eigenvalue weighted by Crippen LogP contribution is -2.48. The molecule has 1 rings (SSSR count). The first-order valence-electron chi connectivity index (χ1n) is 4.90. The third-order valence-electron chi connectivity index (χ3n) is 2.13. The van der Waals surface area contributed by atoms with Crippen molar-refractivity contribution in [3.63, 3.8) is 0 Å². The van der Waals surface area contributed by atoms with Crippen LogP contribution in [0.2, 0.25) is 0 Å². The van der Waals surface area contributed by atoms with E-state index in [1.165, 1.54) is 0 Å². The maximum Gasteiger partial charge on any atom is 0.318 e. The molecule has 80 valence electrons. The summed E-state index contributed by atoms with van der Waals surface area (Å²) in [5, 5.41) is 10.0. The van der Waals surface area contributed by atoms with Gasteiger partial charge in [0.25, 0.3) is 0 Å². The van der Waals surface area contributed by atoms with Gasteiger partial charge in [-0.3, -0.25) is 5.41 Å². The Morgan fingerprint density at radius 3 is 2.57 bits per heavy atom. The molecule has 0 unspecified atom stereocenters. The van der Waals surface area contributed by atoms with E-state index in [9.17, 15) is 4.79 Å². The van der Waals surface area contributed by atoms with Gasteiger partial charge in [0.15, 0.2) is 0 Å². The first-order valence-corrected chi connectivity index (χ1v) is 4.90. The van der Waals surface area contributed by atoms with E-state index in [4.69, 9.17) is 11.1 Å². The fourth-order valence-corrected chi connectivity index (χ4v) is 1.16. The van der Waals surface area contributed by atoms with Gasteiger partial charge in [-0.25, -0.2) is 4.79 Å². The zero-order chi connectivity index (χ0) is 10.7. The van der Waals surface area contributed by atoms with Gasteiger partial charge in [0.1, 0.15) is 5.84 Å². The fourth-order valence-electron chi connectivity index (χ4n) is 1.16. The third-order valence-corrected chi connectivity index (χ3v) is 2.13. The van der Waals surface area contributed by atoms with Crippen LogP contribution in [0.3, 0.4) is 0 Å². The van der Waals surface area contributed by atoms with Crippen LogP contribution >= 0.6 is 0 Å². The van der Waals surface area contributed by atoms with E-state index in [-0.39, 0.29) is 24.5 Å². The summed E-state index contributed by atoms with van der Waals surface area (Å²) in [6.07, 6.45) is 2.13. The second kappa shape index (κ2) is 4.30. The summed E-state index contributed by atoms with van der Waals surface area (Å²) in [5.41, 5.74) is 5.28. The third kappa shape index (κ3) is 3.24. The number of rotatable bonds is 4. The van der Waals surface area contributed by atoms with Crippen LogP contribution in [-0.4, -0.2) is 35.4 Å². The quantitative estimate of drug-likeness (QED) is 0.454. The zero-order valence-electron chi connectivity index (χ0n) is 8.71. The fraction of sp³-hybridized carbons (Fsp3) is 0.778. The molecule has 0 saturated heterocycles. The molecule has 1 aliphatic rings. The van der Waals surface area contributed by atoms with Crippen LogP contribution in [0.5, 0.6) is 0 Å². The maximum atomic E-state index is 11.6. The van der Waals surface area contributed by atoms with Crippen LogP contribution in [-0.2, 0) is 0 Å². The SMILES string of the molecule is CC(C)N(CC(=N)N)C(=O)NC1CC1. The molecule has 5 nitrogen and oxygen atoms in total. The van der Waals surface area contributed by atoms with Gasteiger partial charge >= 0.3 is 6.03 Å². The van der Waals surface area contributed by atoms with Gasteiger partial charge in [-0.15, -0.1) is 0 Å². The van der Waals surface area contributed by atoms with Crippen molar-refractivity contribution in [2.75, 3.05) is 6.54 Å². The molecule has 1 fully saturated rings. The maximum absolute atomic E-state index is 11.6. The molecule has 1 saturated carbocycles. The number of carbonyl (C=O) groups excluding carboxylic acids is 1. The van der Waals surface area contributed by atoms with Crippen LogP contribution in [0.25, 0.3) is 0 Å². The molecule has 0 heterocycles. The van der Waals surface area contributed by atoms with E-state index in [1.807, 2.05) is 13.8 Å². The zero-order valence-corrected chi connectivity index (χ0v) is 8.71. The molecule has 14 heavy (non-hydrogen) atoms. The summed E-state index contributed by atoms with van der Waals surface area (Å²) in [6.45, 7) is 4.03. The molecule has 0 aliphatic heterocycles. The summed E-state index contributed by atoms with van der Waals surface area (Å²) in [4.78, 5) is 13.2. The van der Waals surface area contributed by atoms with E-state index in [0.29, 0.717) is 6.04 Å². The van der Waals surface area contributed by atoms with Gasteiger partial charge in [-0.1, -0.05) is 0 Å². The van der Waals surface area contributed by atoms with Gasteiger partial charge in [-0.05, 0) is 26.7 Å². The van der Waals surface area contributed by atoms with Crippen LogP contribution in [0.1, 0.15) is 26.7 Å².